The van der Waals surface area contributed by atoms with Crippen molar-refractivity contribution in [2.24, 2.45) is 11.8 Å². The zero-order valence-corrected chi connectivity index (χ0v) is 21.8. The molecule has 0 amide bonds. The van der Waals surface area contributed by atoms with Crippen LogP contribution in [0.2, 0.25) is 0 Å². The van der Waals surface area contributed by atoms with Gasteiger partial charge in [-0.05, 0) is 47.9 Å². The van der Waals surface area contributed by atoms with E-state index in [-0.39, 0.29) is 41.6 Å². The maximum Gasteiger partial charge on any atom is 0.310 e. The molecule has 3 saturated heterocycles. The third kappa shape index (κ3) is 4.26. The summed E-state index contributed by atoms with van der Waals surface area (Å²) in [4.78, 5) is 13.8. The molecule has 2 aromatic rings. The number of carbonyl (C=O) groups is 1. The molecule has 10 atom stereocenters. The average Bonchev–Trinajstić information content (AvgIpc) is 3.54. The van der Waals surface area contributed by atoms with Crippen molar-refractivity contribution in [1.29, 1.82) is 0 Å². The van der Waals surface area contributed by atoms with E-state index in [9.17, 15) is 21.5 Å². The number of methoxy groups -OCH3 is 2. The van der Waals surface area contributed by atoms with Crippen molar-refractivity contribution in [2.45, 2.75) is 55.9 Å². The highest BCUT2D eigenvalue weighted by Gasteiger charge is 2.56. The molecule has 0 saturated carbocycles. The molecular formula is C29H32O13. The number of rotatable bonds is 5. The molecule has 13 nitrogen and oxygen atoms in total. The van der Waals surface area contributed by atoms with Crippen molar-refractivity contribution in [3.63, 3.8) is 0 Å². The molecule has 3 fully saturated rings. The predicted octanol–water partition coefficient (Wildman–Crippen LogP) is 1.34. The smallest absolute Gasteiger partial charge is 0.310 e. The fraction of sp³-hybridized carbons (Fsp3) is 0.552. The number of phenols is 1. The van der Waals surface area contributed by atoms with Crippen molar-refractivity contribution < 1.29 is 75.1 Å². The molecule has 0 aromatic heterocycles. The van der Waals surface area contributed by atoms with Crippen LogP contribution in [0.25, 0.3) is 0 Å². The maximum absolute atomic E-state index is 13.8. The minimum absolute atomic E-state index is 0.0392. The van der Waals surface area contributed by atoms with Crippen LogP contribution in [-0.4, -0.2) is 92.3 Å². The topological polar surface area (TPSA) is 161 Å². The second-order valence-electron chi connectivity index (χ2n) is 10.4. The van der Waals surface area contributed by atoms with Gasteiger partial charge in [0.15, 0.2) is 35.6 Å². The molecule has 4 heterocycles. The summed E-state index contributed by atoms with van der Waals surface area (Å²) in [5.74, 6) is -9.95. The first-order chi connectivity index (χ1) is 23.7. The van der Waals surface area contributed by atoms with Gasteiger partial charge in [-0.3, -0.25) is 4.79 Å². The number of esters is 1. The van der Waals surface area contributed by atoms with Crippen molar-refractivity contribution >= 4 is 5.97 Å². The van der Waals surface area contributed by atoms with Crippen LogP contribution in [0.15, 0.2) is 24.3 Å². The third-order valence-electron chi connectivity index (χ3n) is 8.04. The zero-order valence-electron chi connectivity index (χ0n) is 30.8. The fourth-order valence-electron chi connectivity index (χ4n) is 6.10. The lowest BCUT2D eigenvalue weighted by molar-refractivity contribution is -0.364. The highest BCUT2D eigenvalue weighted by molar-refractivity contribution is 5.79. The summed E-state index contributed by atoms with van der Waals surface area (Å²) in [6.45, 7) is -1.66. The summed E-state index contributed by atoms with van der Waals surface area (Å²) in [5.41, 5.74) is -0.115. The van der Waals surface area contributed by atoms with Crippen molar-refractivity contribution in [3.8, 4) is 28.7 Å². The summed E-state index contributed by atoms with van der Waals surface area (Å²) in [7, 11) is -6.35. The summed E-state index contributed by atoms with van der Waals surface area (Å²) < 4.78 is 122. The van der Waals surface area contributed by atoms with E-state index < -0.39 is 105 Å². The van der Waals surface area contributed by atoms with E-state index in [2.05, 4.69) is 0 Å². The number of carbonyl (C=O) groups excluding carboxylic acids is 1. The molecular weight excluding hydrogens is 556 g/mol. The number of aliphatic hydroxyl groups excluding tert-OH is 2. The van der Waals surface area contributed by atoms with E-state index in [0.29, 0.717) is 0 Å². The van der Waals surface area contributed by atoms with Gasteiger partial charge in [0.2, 0.25) is 12.5 Å². The minimum atomic E-state index is -3.18. The summed E-state index contributed by atoms with van der Waals surface area (Å²) in [6.07, 6.45) is -9.33. The van der Waals surface area contributed by atoms with E-state index in [1.165, 1.54) is 12.1 Å². The number of hydrogen-bond acceptors (Lipinski definition) is 13. The molecule has 13 heteroatoms. The largest absolute Gasteiger partial charge is 0.502 e. The van der Waals surface area contributed by atoms with Crippen LogP contribution in [0.1, 0.15) is 48.0 Å². The van der Waals surface area contributed by atoms with Crippen LogP contribution in [0.4, 0.5) is 0 Å². The molecule has 4 aliphatic heterocycles. The minimum Gasteiger partial charge on any atom is -0.502 e. The van der Waals surface area contributed by atoms with Gasteiger partial charge >= 0.3 is 5.97 Å². The van der Waals surface area contributed by atoms with Crippen LogP contribution in [0.5, 0.6) is 28.7 Å². The SMILES string of the molecule is [2H]C([2H])([2H])Oc1cc([C@@H]2c3cc4c(cc3[C@@H](O[C@@H]3O[C@@H]5CO[C@@H](C)O[C@H]5[C@H](O)[C@H]3O)[C@H]3C([2H])([2H])OC(=O)[C@]23[2H])OCO4)cc(OC([2H])([2H])[2H])c1O. The first-order valence-corrected chi connectivity index (χ1v) is 13.0. The Hall–Kier alpha value is -3.33. The molecule has 5 aliphatic rings. The van der Waals surface area contributed by atoms with Crippen LogP contribution in [-0.2, 0) is 28.5 Å². The zero-order chi connectivity index (χ0) is 37.0. The highest BCUT2D eigenvalue weighted by atomic mass is 16.8. The first-order valence-electron chi connectivity index (χ1n) is 17.5. The fourth-order valence-corrected chi connectivity index (χ4v) is 6.10. The summed E-state index contributed by atoms with van der Waals surface area (Å²) >= 11 is 0. The molecule has 2 aromatic carbocycles. The Morgan fingerprint density at radius 1 is 1.00 bits per heavy atom. The number of aliphatic hydroxyl groups is 2. The Balaban J connectivity index is 1.41. The number of ether oxygens (including phenoxy) is 9. The standard InChI is InChI=1S/C29H32O13/c1-11-36-9-20-27(40-11)24(31)25(32)29(41-20)42-26-14-7-17-16(38-10-39-17)6-13(14)21(22-15(26)8-37-28(22)33)12-4-18(34-2)23(30)19(5-12)35-3/h4-7,11,15,20-22,24-27,29-32H,8-10H2,1-3H3/t11-,15+,20-,21-,22+,24-,25-,26-,27-,29+/m1/s1/i2D3,3D3,8D2,22D. The van der Waals surface area contributed by atoms with Gasteiger partial charge in [0.05, 0.1) is 50.2 Å². The van der Waals surface area contributed by atoms with Crippen molar-refractivity contribution in [2.75, 3.05) is 34.0 Å². The van der Waals surface area contributed by atoms with Gasteiger partial charge < -0.3 is 58.0 Å². The van der Waals surface area contributed by atoms with Crippen LogP contribution < -0.4 is 18.9 Å². The molecule has 226 valence electrons. The number of fused-ring (bicyclic) bond motifs is 4. The van der Waals surface area contributed by atoms with Gasteiger partial charge in [0.25, 0.3) is 0 Å². The Morgan fingerprint density at radius 2 is 1.71 bits per heavy atom. The predicted molar refractivity (Wildman–Crippen MR) is 138 cm³/mol. The Morgan fingerprint density at radius 3 is 2.43 bits per heavy atom. The monoisotopic (exact) mass is 597 g/mol. The third-order valence-corrected chi connectivity index (χ3v) is 8.04. The van der Waals surface area contributed by atoms with Gasteiger partial charge in [0, 0.05) is 13.2 Å². The molecule has 1 aliphatic carbocycles. The highest BCUT2D eigenvalue weighted by Crippen LogP contribution is 2.57. The number of benzene rings is 2. The molecule has 42 heavy (non-hydrogen) atoms. The van der Waals surface area contributed by atoms with E-state index in [4.69, 9.17) is 53.6 Å². The van der Waals surface area contributed by atoms with Gasteiger partial charge in [0.1, 0.15) is 24.4 Å². The van der Waals surface area contributed by atoms with Gasteiger partial charge in [-0.2, -0.15) is 0 Å². The number of cyclic esters (lactones) is 1. The van der Waals surface area contributed by atoms with E-state index in [0.717, 1.165) is 12.1 Å². The van der Waals surface area contributed by atoms with Gasteiger partial charge in [-0.15, -0.1) is 0 Å². The van der Waals surface area contributed by atoms with E-state index in [1.54, 1.807) is 6.92 Å². The van der Waals surface area contributed by atoms with Gasteiger partial charge in [-0.1, -0.05) is 0 Å². The van der Waals surface area contributed by atoms with Crippen molar-refractivity contribution in [1.82, 2.24) is 0 Å². The van der Waals surface area contributed by atoms with Crippen LogP contribution in [0.3, 0.4) is 0 Å². The lowest BCUT2D eigenvalue weighted by Gasteiger charge is -2.47. The first kappa shape index (κ1) is 19.1. The lowest BCUT2D eigenvalue weighted by Crippen LogP contribution is -2.63. The van der Waals surface area contributed by atoms with Crippen molar-refractivity contribution in [3.05, 3.63) is 41.0 Å². The quantitative estimate of drug-likeness (QED) is 0.424. The molecule has 0 radical (unpaired) electrons. The molecule has 7 rings (SSSR count). The second-order valence-corrected chi connectivity index (χ2v) is 10.4. The second kappa shape index (κ2) is 10.4. The lowest BCUT2D eigenvalue weighted by atomic mass is 9.66. The average molecular weight is 598 g/mol. The Labute approximate surface area is 253 Å². The summed E-state index contributed by atoms with van der Waals surface area (Å²) in [6, 6.07) is 4.69. The van der Waals surface area contributed by atoms with Crippen LogP contribution in [0, 0.1) is 11.8 Å². The molecule has 0 unspecified atom stereocenters. The Bertz CT molecular complexity index is 1680. The maximum atomic E-state index is 13.8. The Kier molecular flexibility index (Phi) is 4.73. The number of hydrogen-bond donors (Lipinski definition) is 3. The number of phenolic OH excluding ortho intramolecular Hbond substituents is 1. The van der Waals surface area contributed by atoms with Gasteiger partial charge in [-0.25, -0.2) is 0 Å². The summed E-state index contributed by atoms with van der Waals surface area (Å²) in [5, 5.41) is 33.0. The normalized spacial score (nSPS) is 43.2. The van der Waals surface area contributed by atoms with E-state index >= 15 is 0 Å². The molecule has 0 spiro atoms. The van der Waals surface area contributed by atoms with Crippen LogP contribution >= 0.6 is 0 Å². The number of aromatic hydroxyl groups is 1. The molecule has 0 bridgehead atoms. The molecule has 3 N–H and O–H groups in total. The van der Waals surface area contributed by atoms with E-state index in [1.807, 2.05) is 0 Å².